The maximum atomic E-state index is 12.1. The summed E-state index contributed by atoms with van der Waals surface area (Å²) in [4.78, 5) is 32.6. The lowest BCUT2D eigenvalue weighted by Crippen LogP contribution is -2.28. The third-order valence-corrected chi connectivity index (χ3v) is 7.34. The van der Waals surface area contributed by atoms with Gasteiger partial charge in [-0.15, -0.1) is 0 Å². The zero-order valence-corrected chi connectivity index (χ0v) is 22.2. The first kappa shape index (κ1) is 26.1. The van der Waals surface area contributed by atoms with Crippen molar-refractivity contribution in [3.05, 3.63) is 54.2 Å². The number of amides is 2. The number of hydrogen-bond donors (Lipinski definition) is 4. The number of nitrogens with one attached hydrogen (secondary N) is 2. The van der Waals surface area contributed by atoms with Gasteiger partial charge in [-0.2, -0.15) is 0 Å². The smallest absolute Gasteiger partial charge is 0.321 e. The van der Waals surface area contributed by atoms with Gasteiger partial charge in [0.1, 0.15) is 5.82 Å². The summed E-state index contributed by atoms with van der Waals surface area (Å²) in [6, 6.07) is 7.78. The summed E-state index contributed by atoms with van der Waals surface area (Å²) in [6.45, 7) is 6.36. The molecule has 1 saturated heterocycles. The van der Waals surface area contributed by atoms with Crippen molar-refractivity contribution in [1.29, 1.82) is 0 Å². The Labute approximate surface area is 224 Å². The van der Waals surface area contributed by atoms with Crippen LogP contribution in [0.4, 0.5) is 9.93 Å². The average Bonchev–Trinajstić information content (AvgIpc) is 3.48. The largest absolute Gasteiger partial charge is 0.393 e. The van der Waals surface area contributed by atoms with Gasteiger partial charge in [0.15, 0.2) is 5.13 Å². The maximum absolute atomic E-state index is 12.1. The second-order valence-electron chi connectivity index (χ2n) is 9.54. The molecule has 11 heteroatoms. The fourth-order valence-electron chi connectivity index (χ4n) is 4.55. The third-order valence-electron chi connectivity index (χ3n) is 6.32. The molecule has 2 unspecified atom stereocenters. The summed E-state index contributed by atoms with van der Waals surface area (Å²) in [5.74, 6) is 0.577. The van der Waals surface area contributed by atoms with Crippen molar-refractivity contribution in [3.8, 4) is 22.4 Å². The van der Waals surface area contributed by atoms with E-state index < -0.39 is 6.10 Å². The number of likely N-dealkylation sites (tertiary alicyclic amines) is 1. The molecule has 4 aromatic rings. The van der Waals surface area contributed by atoms with Crippen molar-refractivity contribution in [3.63, 3.8) is 0 Å². The van der Waals surface area contributed by atoms with E-state index in [1.54, 1.807) is 25.5 Å². The van der Waals surface area contributed by atoms with Gasteiger partial charge in [-0.05, 0) is 55.7 Å². The minimum Gasteiger partial charge on any atom is -0.393 e. The predicted molar refractivity (Wildman–Crippen MR) is 148 cm³/mol. The molecule has 1 aromatic carbocycles. The van der Waals surface area contributed by atoms with E-state index in [1.165, 1.54) is 11.3 Å². The van der Waals surface area contributed by atoms with Gasteiger partial charge < -0.3 is 15.5 Å². The molecule has 0 saturated carbocycles. The number of aromatic nitrogens is 4. The number of thiazole rings is 1. The van der Waals surface area contributed by atoms with E-state index in [2.05, 4.69) is 47.6 Å². The molecule has 0 aliphatic carbocycles. The number of carbonyl (C=O) groups excluding carboxylic acids is 1. The predicted octanol–water partition coefficient (Wildman–Crippen LogP) is 3.45. The van der Waals surface area contributed by atoms with Crippen molar-refractivity contribution in [2.24, 2.45) is 0 Å². The molecule has 0 bridgehead atoms. The molecule has 198 valence electrons. The zero-order chi connectivity index (χ0) is 26.6. The molecule has 5 rings (SSSR count). The van der Waals surface area contributed by atoms with E-state index in [4.69, 9.17) is 0 Å². The number of pyridine rings is 1. The van der Waals surface area contributed by atoms with E-state index in [0.29, 0.717) is 30.5 Å². The topological polar surface area (TPSA) is 136 Å². The van der Waals surface area contributed by atoms with Crippen LogP contribution in [-0.2, 0) is 13.0 Å². The highest BCUT2D eigenvalue weighted by Gasteiger charge is 2.21. The molecular weight excluding hydrogens is 502 g/mol. The molecular formula is C27H31N7O3S. The number of β-amino-alcohol motifs (C(OH)–C–C–N with tert-alkyl or cyclic N) is 1. The lowest BCUT2D eigenvalue weighted by Gasteiger charge is -2.15. The van der Waals surface area contributed by atoms with Crippen LogP contribution in [0.15, 0.2) is 42.9 Å². The van der Waals surface area contributed by atoms with Crippen LogP contribution in [0.2, 0.25) is 0 Å². The third kappa shape index (κ3) is 6.13. The van der Waals surface area contributed by atoms with Gasteiger partial charge in [-0.25, -0.2) is 19.7 Å². The molecule has 2 amide bonds. The Hall–Kier alpha value is -3.51. The molecule has 2 atom stereocenters. The summed E-state index contributed by atoms with van der Waals surface area (Å²) >= 11 is 1.40. The second kappa shape index (κ2) is 11.5. The van der Waals surface area contributed by atoms with Gasteiger partial charge in [0.05, 0.1) is 28.1 Å². The normalized spacial score (nSPS) is 16.6. The van der Waals surface area contributed by atoms with Crippen molar-refractivity contribution in [1.82, 2.24) is 30.2 Å². The molecule has 0 radical (unpaired) electrons. The highest BCUT2D eigenvalue weighted by atomic mass is 32.1. The highest BCUT2D eigenvalue weighted by Crippen LogP contribution is 2.38. The van der Waals surface area contributed by atoms with Gasteiger partial charge in [0, 0.05) is 62.3 Å². The van der Waals surface area contributed by atoms with Crippen LogP contribution >= 0.6 is 11.3 Å². The average molecular weight is 534 g/mol. The summed E-state index contributed by atoms with van der Waals surface area (Å²) < 4.78 is 0.911. The van der Waals surface area contributed by atoms with E-state index in [-0.39, 0.29) is 12.1 Å². The summed E-state index contributed by atoms with van der Waals surface area (Å²) in [5.41, 5.74) is 5.23. The maximum Gasteiger partial charge on any atom is 0.321 e. The first-order valence-electron chi connectivity index (χ1n) is 12.7. The first-order chi connectivity index (χ1) is 18.4. The number of carbonyl (C=O) groups is 1. The van der Waals surface area contributed by atoms with Crippen LogP contribution in [0, 0.1) is 0 Å². The Morgan fingerprint density at radius 2 is 2.03 bits per heavy atom. The van der Waals surface area contributed by atoms with Gasteiger partial charge in [0.2, 0.25) is 0 Å². The minimum atomic E-state index is -0.517. The van der Waals surface area contributed by atoms with Crippen molar-refractivity contribution in [2.75, 3.05) is 25.0 Å². The van der Waals surface area contributed by atoms with Crippen LogP contribution < -0.4 is 10.6 Å². The van der Waals surface area contributed by atoms with Crippen molar-refractivity contribution >= 4 is 32.7 Å². The molecule has 4 N–H and O–H groups in total. The number of benzene rings is 1. The summed E-state index contributed by atoms with van der Waals surface area (Å²) in [7, 11) is 0. The number of rotatable bonds is 8. The Bertz CT molecular complexity index is 1420. The standard InChI is InChI=1S/C27H31N7O3S/c1-3-28-26(37)33-27-32-23-11-18(19-12-30-24(31-13-19)8-16(2)35)10-21(25(23)38-27)22-9-17(4-6-29-22)14-34-7-5-20(36)15-34/h4,6,9-13,16,20,35-36H,3,5,7-8,14-15H2,1-2H3,(H2,28,32,33,37). The van der Waals surface area contributed by atoms with Gasteiger partial charge in [-0.3, -0.25) is 15.2 Å². The fourth-order valence-corrected chi connectivity index (χ4v) is 5.52. The SMILES string of the molecule is CCNC(=O)Nc1nc2cc(-c3cnc(CC(C)O)nc3)cc(-c3cc(CN4CCC(O)C4)ccn3)c2s1. The number of hydrogen-bond acceptors (Lipinski definition) is 9. The van der Waals surface area contributed by atoms with Crippen molar-refractivity contribution in [2.45, 2.75) is 45.4 Å². The molecule has 38 heavy (non-hydrogen) atoms. The summed E-state index contributed by atoms with van der Waals surface area (Å²) in [5, 5.41) is 25.6. The lowest BCUT2D eigenvalue weighted by atomic mass is 10.0. The van der Waals surface area contributed by atoms with Crippen LogP contribution in [0.25, 0.3) is 32.6 Å². The molecule has 4 heterocycles. The number of fused-ring (bicyclic) bond motifs is 1. The Balaban J connectivity index is 1.54. The fraction of sp³-hybridized carbons (Fsp3) is 0.370. The quantitative estimate of drug-likeness (QED) is 0.270. The highest BCUT2D eigenvalue weighted by molar-refractivity contribution is 7.22. The summed E-state index contributed by atoms with van der Waals surface area (Å²) in [6.07, 6.45) is 5.69. The Morgan fingerprint density at radius 1 is 1.21 bits per heavy atom. The number of nitrogens with zero attached hydrogens (tertiary/aromatic N) is 5. The molecule has 3 aromatic heterocycles. The van der Waals surface area contributed by atoms with Gasteiger partial charge in [0.25, 0.3) is 0 Å². The van der Waals surface area contributed by atoms with Gasteiger partial charge >= 0.3 is 6.03 Å². The van der Waals surface area contributed by atoms with Crippen LogP contribution in [-0.4, -0.2) is 72.9 Å². The van der Waals surface area contributed by atoms with Crippen LogP contribution in [0.3, 0.4) is 0 Å². The van der Waals surface area contributed by atoms with Crippen molar-refractivity contribution < 1.29 is 15.0 Å². The Morgan fingerprint density at radius 3 is 2.74 bits per heavy atom. The minimum absolute atomic E-state index is 0.269. The van der Waals surface area contributed by atoms with E-state index in [9.17, 15) is 15.0 Å². The molecule has 1 aliphatic rings. The number of urea groups is 1. The van der Waals surface area contributed by atoms with E-state index >= 15 is 0 Å². The number of aliphatic hydroxyl groups is 2. The zero-order valence-electron chi connectivity index (χ0n) is 21.4. The van der Waals surface area contributed by atoms with Crippen LogP contribution in [0.5, 0.6) is 0 Å². The Kier molecular flexibility index (Phi) is 7.89. The van der Waals surface area contributed by atoms with E-state index in [1.807, 2.05) is 19.1 Å². The molecule has 0 spiro atoms. The lowest BCUT2D eigenvalue weighted by molar-refractivity contribution is 0.175. The first-order valence-corrected chi connectivity index (χ1v) is 13.5. The second-order valence-corrected chi connectivity index (χ2v) is 10.5. The number of anilines is 1. The van der Waals surface area contributed by atoms with Crippen LogP contribution in [0.1, 0.15) is 31.7 Å². The van der Waals surface area contributed by atoms with E-state index in [0.717, 1.165) is 57.7 Å². The number of aliphatic hydroxyl groups excluding tert-OH is 2. The monoisotopic (exact) mass is 533 g/mol. The molecule has 1 aliphatic heterocycles. The molecule has 1 fully saturated rings. The van der Waals surface area contributed by atoms with Gasteiger partial charge in [-0.1, -0.05) is 11.3 Å². The molecule has 10 nitrogen and oxygen atoms in total.